The van der Waals surface area contributed by atoms with Gasteiger partial charge >= 0.3 is 0 Å². The second kappa shape index (κ2) is 5.33. The molecule has 3 rings (SSSR count). The zero-order valence-electron chi connectivity index (χ0n) is 11.3. The lowest BCUT2D eigenvalue weighted by atomic mass is 9.80. The molecule has 5 nitrogen and oxygen atoms in total. The van der Waals surface area contributed by atoms with Crippen LogP contribution in [0, 0.1) is 12.8 Å². The summed E-state index contributed by atoms with van der Waals surface area (Å²) in [6.07, 6.45) is 4.97. The molecule has 1 aliphatic heterocycles. The highest BCUT2D eigenvalue weighted by atomic mass is 16.5. The minimum absolute atomic E-state index is 0.0236. The highest BCUT2D eigenvalue weighted by molar-refractivity contribution is 5.92. The molecule has 19 heavy (non-hydrogen) atoms. The Kier molecular flexibility index (Phi) is 3.55. The third-order valence-electron chi connectivity index (χ3n) is 4.17. The number of hydrogen-bond acceptors (Lipinski definition) is 4. The second-order valence-electron chi connectivity index (χ2n) is 5.58. The van der Waals surface area contributed by atoms with E-state index in [9.17, 15) is 4.79 Å². The van der Waals surface area contributed by atoms with E-state index in [1.807, 2.05) is 4.90 Å². The van der Waals surface area contributed by atoms with E-state index in [1.165, 1.54) is 19.3 Å². The lowest BCUT2D eigenvalue weighted by Gasteiger charge is -2.39. The molecular formula is C14H20N2O3. The monoisotopic (exact) mass is 264 g/mol. The Morgan fingerprint density at radius 1 is 1.53 bits per heavy atom. The molecule has 1 saturated carbocycles. The fourth-order valence-electron chi connectivity index (χ4n) is 2.85. The zero-order chi connectivity index (χ0) is 13.2. The molecule has 1 saturated heterocycles. The number of carbonyl (C=O) groups excluding carboxylic acids is 1. The molecule has 1 aromatic heterocycles. The summed E-state index contributed by atoms with van der Waals surface area (Å²) in [6.45, 7) is 3.72. The van der Waals surface area contributed by atoms with Crippen molar-refractivity contribution in [1.29, 1.82) is 0 Å². The minimum Gasteiger partial charge on any atom is -0.377 e. The van der Waals surface area contributed by atoms with E-state index in [1.54, 1.807) is 13.0 Å². The van der Waals surface area contributed by atoms with Crippen molar-refractivity contribution in [2.75, 3.05) is 19.8 Å². The Labute approximate surface area is 112 Å². The second-order valence-corrected chi connectivity index (χ2v) is 5.58. The molecule has 0 radical (unpaired) electrons. The smallest absolute Gasteiger partial charge is 0.276 e. The van der Waals surface area contributed by atoms with Gasteiger partial charge in [0.05, 0.1) is 19.3 Å². The maximum Gasteiger partial charge on any atom is 0.276 e. The molecule has 1 aliphatic carbocycles. The Bertz CT molecular complexity index is 453. The average Bonchev–Trinajstić information content (AvgIpc) is 2.80. The quantitative estimate of drug-likeness (QED) is 0.838. The van der Waals surface area contributed by atoms with Gasteiger partial charge in [-0.1, -0.05) is 24.4 Å². The summed E-state index contributed by atoms with van der Waals surface area (Å²) in [4.78, 5) is 14.4. The van der Waals surface area contributed by atoms with Gasteiger partial charge in [-0.25, -0.2) is 0 Å². The van der Waals surface area contributed by atoms with Gasteiger partial charge in [0.1, 0.15) is 5.76 Å². The lowest BCUT2D eigenvalue weighted by Crippen LogP contribution is -2.49. The molecule has 2 fully saturated rings. The molecule has 0 aromatic carbocycles. The van der Waals surface area contributed by atoms with Crippen LogP contribution in [0.4, 0.5) is 0 Å². The van der Waals surface area contributed by atoms with Crippen LogP contribution in [0.3, 0.4) is 0 Å². The number of hydrogen-bond donors (Lipinski definition) is 0. The number of amides is 1. The van der Waals surface area contributed by atoms with Crippen LogP contribution >= 0.6 is 0 Å². The largest absolute Gasteiger partial charge is 0.377 e. The molecule has 0 bridgehead atoms. The fourth-order valence-corrected chi connectivity index (χ4v) is 2.85. The van der Waals surface area contributed by atoms with E-state index in [0.29, 0.717) is 31.2 Å². The number of rotatable bonds is 3. The van der Waals surface area contributed by atoms with Gasteiger partial charge in [0, 0.05) is 12.6 Å². The summed E-state index contributed by atoms with van der Waals surface area (Å²) >= 11 is 0. The zero-order valence-corrected chi connectivity index (χ0v) is 11.3. The first-order valence-electron chi connectivity index (χ1n) is 7.06. The van der Waals surface area contributed by atoms with Crippen LogP contribution in [0.25, 0.3) is 0 Å². The number of nitrogens with zero attached hydrogens (tertiary/aromatic N) is 2. The first-order valence-corrected chi connectivity index (χ1v) is 7.06. The third-order valence-corrected chi connectivity index (χ3v) is 4.17. The number of aromatic nitrogens is 1. The Morgan fingerprint density at radius 2 is 2.37 bits per heavy atom. The van der Waals surface area contributed by atoms with Crippen LogP contribution in [0.1, 0.15) is 41.9 Å². The van der Waals surface area contributed by atoms with Crippen molar-refractivity contribution in [2.45, 2.75) is 38.6 Å². The van der Waals surface area contributed by atoms with Gasteiger partial charge in [-0.15, -0.1) is 0 Å². The highest BCUT2D eigenvalue weighted by Crippen LogP contribution is 2.32. The molecule has 2 heterocycles. The Hall–Kier alpha value is -1.36. The van der Waals surface area contributed by atoms with Crippen LogP contribution in [0.5, 0.6) is 0 Å². The first-order chi connectivity index (χ1) is 9.24. The van der Waals surface area contributed by atoms with Crippen LogP contribution in [-0.4, -0.2) is 41.8 Å². The molecule has 1 amide bonds. The molecule has 2 aliphatic rings. The maximum atomic E-state index is 12.5. The number of ether oxygens (including phenoxy) is 1. The van der Waals surface area contributed by atoms with Crippen LogP contribution < -0.4 is 0 Å². The van der Waals surface area contributed by atoms with Gasteiger partial charge in [-0.2, -0.15) is 0 Å². The summed E-state index contributed by atoms with van der Waals surface area (Å²) in [5.74, 6) is 1.41. The van der Waals surface area contributed by atoms with E-state index >= 15 is 0 Å². The Morgan fingerprint density at radius 3 is 3.00 bits per heavy atom. The standard InChI is InChI=1S/C14H20N2O3/c1-10-7-13(15-19-10)14(17)16-5-6-18-9-12(16)8-11-3-2-4-11/h7,11-12H,2-6,8-9H2,1H3. The van der Waals surface area contributed by atoms with E-state index in [-0.39, 0.29) is 11.9 Å². The minimum atomic E-state index is -0.0236. The molecule has 1 unspecified atom stereocenters. The molecule has 0 N–H and O–H groups in total. The predicted octanol–water partition coefficient (Wildman–Crippen LogP) is 2.01. The van der Waals surface area contributed by atoms with Crippen molar-refractivity contribution in [3.63, 3.8) is 0 Å². The number of morpholine rings is 1. The van der Waals surface area contributed by atoms with Crippen molar-refractivity contribution in [3.05, 3.63) is 17.5 Å². The molecule has 5 heteroatoms. The SMILES string of the molecule is Cc1cc(C(=O)N2CCOCC2CC2CCC2)no1. The summed E-state index contributed by atoms with van der Waals surface area (Å²) < 4.78 is 10.5. The van der Waals surface area contributed by atoms with Crippen LogP contribution in [0.2, 0.25) is 0 Å². The molecule has 1 atom stereocenters. The fraction of sp³-hybridized carbons (Fsp3) is 0.714. The van der Waals surface area contributed by atoms with Crippen molar-refractivity contribution >= 4 is 5.91 Å². The van der Waals surface area contributed by atoms with Gasteiger partial charge < -0.3 is 14.2 Å². The number of aryl methyl sites for hydroxylation is 1. The maximum absolute atomic E-state index is 12.5. The first kappa shape index (κ1) is 12.7. The molecule has 1 aromatic rings. The summed E-state index contributed by atoms with van der Waals surface area (Å²) in [7, 11) is 0. The van der Waals surface area contributed by atoms with Crippen molar-refractivity contribution < 1.29 is 14.1 Å². The van der Waals surface area contributed by atoms with Gasteiger partial charge in [-0.05, 0) is 19.3 Å². The average molecular weight is 264 g/mol. The van der Waals surface area contributed by atoms with Crippen LogP contribution in [0.15, 0.2) is 10.6 Å². The topological polar surface area (TPSA) is 55.6 Å². The molecular weight excluding hydrogens is 244 g/mol. The van der Waals surface area contributed by atoms with Gasteiger partial charge in [-0.3, -0.25) is 4.79 Å². The van der Waals surface area contributed by atoms with E-state index in [4.69, 9.17) is 9.26 Å². The van der Waals surface area contributed by atoms with Crippen LogP contribution in [-0.2, 0) is 4.74 Å². The summed E-state index contributed by atoms with van der Waals surface area (Å²) in [5, 5.41) is 3.83. The van der Waals surface area contributed by atoms with Gasteiger partial charge in [0.25, 0.3) is 5.91 Å². The molecule has 0 spiro atoms. The van der Waals surface area contributed by atoms with Gasteiger partial charge in [0.2, 0.25) is 0 Å². The van der Waals surface area contributed by atoms with E-state index in [0.717, 1.165) is 12.3 Å². The summed E-state index contributed by atoms with van der Waals surface area (Å²) in [5.41, 5.74) is 0.415. The van der Waals surface area contributed by atoms with Gasteiger partial charge in [0.15, 0.2) is 5.69 Å². The van der Waals surface area contributed by atoms with Crippen molar-refractivity contribution in [3.8, 4) is 0 Å². The highest BCUT2D eigenvalue weighted by Gasteiger charge is 2.32. The molecule has 104 valence electrons. The van der Waals surface area contributed by atoms with Crippen molar-refractivity contribution in [2.24, 2.45) is 5.92 Å². The predicted molar refractivity (Wildman–Crippen MR) is 68.8 cm³/mol. The van der Waals surface area contributed by atoms with Crippen molar-refractivity contribution in [1.82, 2.24) is 10.1 Å². The van der Waals surface area contributed by atoms with E-state index in [2.05, 4.69) is 5.16 Å². The number of carbonyl (C=O) groups is 1. The third kappa shape index (κ3) is 2.66. The van der Waals surface area contributed by atoms with E-state index < -0.39 is 0 Å². The Balaban J connectivity index is 1.70. The normalized spacial score (nSPS) is 24.3. The lowest BCUT2D eigenvalue weighted by molar-refractivity contribution is -0.0128. The summed E-state index contributed by atoms with van der Waals surface area (Å²) in [6, 6.07) is 1.90.